The lowest BCUT2D eigenvalue weighted by molar-refractivity contribution is -0.384. The Labute approximate surface area is 202 Å². The van der Waals surface area contributed by atoms with Crippen molar-refractivity contribution in [3.8, 4) is 6.07 Å². The fraction of sp³-hybridized carbons (Fsp3) is 0.308. The summed E-state index contributed by atoms with van der Waals surface area (Å²) >= 11 is 0. The highest BCUT2D eigenvalue weighted by atomic mass is 16.6. The van der Waals surface area contributed by atoms with Gasteiger partial charge < -0.3 is 9.47 Å². The number of aliphatic imine (C=N–C) groups is 1. The number of nitriles is 1. The van der Waals surface area contributed by atoms with Gasteiger partial charge >= 0.3 is 11.9 Å². The topological polar surface area (TPSA) is 132 Å². The van der Waals surface area contributed by atoms with Crippen molar-refractivity contribution in [1.29, 1.82) is 5.26 Å². The summed E-state index contributed by atoms with van der Waals surface area (Å²) in [5.74, 6) is -3.42. The number of nitro groups is 1. The molecule has 1 aliphatic rings. The first-order valence-electron chi connectivity index (χ1n) is 11.0. The molecule has 3 unspecified atom stereocenters. The van der Waals surface area contributed by atoms with Crippen molar-refractivity contribution in [1.82, 2.24) is 0 Å². The second-order valence-corrected chi connectivity index (χ2v) is 8.37. The van der Waals surface area contributed by atoms with Crippen LogP contribution in [-0.2, 0) is 19.1 Å². The molecule has 0 radical (unpaired) electrons. The van der Waals surface area contributed by atoms with E-state index in [9.17, 15) is 25.0 Å². The number of nitro benzene ring substituents is 1. The van der Waals surface area contributed by atoms with Crippen LogP contribution in [0.5, 0.6) is 0 Å². The quantitative estimate of drug-likeness (QED) is 0.319. The zero-order valence-corrected chi connectivity index (χ0v) is 19.8. The lowest BCUT2D eigenvalue weighted by atomic mass is 9.75. The Morgan fingerprint density at radius 1 is 1.09 bits per heavy atom. The number of hydrogen-bond donors (Lipinski definition) is 0. The van der Waals surface area contributed by atoms with Crippen molar-refractivity contribution in [2.24, 2.45) is 10.9 Å². The Kier molecular flexibility index (Phi) is 7.76. The van der Waals surface area contributed by atoms with Crippen LogP contribution in [0.1, 0.15) is 50.8 Å². The van der Waals surface area contributed by atoms with E-state index < -0.39 is 40.9 Å². The molecule has 9 nitrogen and oxygen atoms in total. The number of carbonyl (C=O) groups is 2. The van der Waals surface area contributed by atoms with Crippen LogP contribution >= 0.6 is 0 Å². The minimum Gasteiger partial charge on any atom is -0.462 e. The van der Waals surface area contributed by atoms with Crippen molar-refractivity contribution < 1.29 is 24.0 Å². The first-order chi connectivity index (χ1) is 16.6. The number of nitrogens with zero attached hydrogens (tertiary/aromatic N) is 3. The standard InChI is InChI=1S/C26H25N3O6/c1-15(2)34-25(30)22-16(3)28-17(4)23(24(22)19-11-8-12-20(13-19)29(32)33)26(31)35-21(14-27)18-9-6-5-7-10-18/h5-13,15,21-22,24H,1-4H3. The van der Waals surface area contributed by atoms with Crippen LogP contribution in [0.15, 0.2) is 70.9 Å². The van der Waals surface area contributed by atoms with Gasteiger partial charge in [0, 0.05) is 35.0 Å². The van der Waals surface area contributed by atoms with E-state index in [-0.39, 0.29) is 11.3 Å². The normalized spacial score (nSPS) is 18.3. The molecule has 9 heteroatoms. The van der Waals surface area contributed by atoms with Crippen LogP contribution in [0.25, 0.3) is 0 Å². The van der Waals surface area contributed by atoms with Crippen molar-refractivity contribution in [2.45, 2.75) is 45.8 Å². The molecule has 1 heterocycles. The summed E-state index contributed by atoms with van der Waals surface area (Å²) < 4.78 is 11.0. The number of esters is 2. The van der Waals surface area contributed by atoms with Crippen molar-refractivity contribution >= 4 is 23.3 Å². The molecule has 0 N–H and O–H groups in total. The van der Waals surface area contributed by atoms with Gasteiger partial charge in [0.1, 0.15) is 12.0 Å². The number of non-ortho nitro benzene ring substituents is 1. The molecule has 180 valence electrons. The van der Waals surface area contributed by atoms with Gasteiger partial charge in [0.25, 0.3) is 5.69 Å². The minimum atomic E-state index is -1.19. The Hall–Kier alpha value is -4.32. The van der Waals surface area contributed by atoms with Gasteiger partial charge in [-0.2, -0.15) is 5.26 Å². The molecule has 0 bridgehead atoms. The summed E-state index contributed by atoms with van der Waals surface area (Å²) in [6.45, 7) is 6.63. The first kappa shape index (κ1) is 25.3. The molecule has 2 aromatic rings. The van der Waals surface area contributed by atoms with Crippen LogP contribution in [0.2, 0.25) is 0 Å². The predicted octanol–water partition coefficient (Wildman–Crippen LogP) is 4.80. The highest BCUT2D eigenvalue weighted by molar-refractivity contribution is 6.07. The molecule has 0 saturated carbocycles. The van der Waals surface area contributed by atoms with E-state index in [0.717, 1.165) is 0 Å². The van der Waals surface area contributed by atoms with Crippen LogP contribution in [0.3, 0.4) is 0 Å². The van der Waals surface area contributed by atoms with Crippen LogP contribution in [-0.4, -0.2) is 28.7 Å². The molecule has 0 spiro atoms. The molecule has 0 amide bonds. The van der Waals surface area contributed by atoms with Gasteiger partial charge in [0.05, 0.1) is 16.6 Å². The summed E-state index contributed by atoms with van der Waals surface area (Å²) in [5.41, 5.74) is 1.39. The molecule has 0 aliphatic carbocycles. The Balaban J connectivity index is 2.12. The molecule has 3 atom stereocenters. The number of carbonyl (C=O) groups excluding carboxylic acids is 2. The number of ether oxygens (including phenoxy) is 2. The molecule has 35 heavy (non-hydrogen) atoms. The average molecular weight is 476 g/mol. The second-order valence-electron chi connectivity index (χ2n) is 8.37. The third-order valence-electron chi connectivity index (χ3n) is 5.54. The number of hydrogen-bond acceptors (Lipinski definition) is 8. The van der Waals surface area contributed by atoms with E-state index >= 15 is 0 Å². The van der Waals surface area contributed by atoms with Gasteiger partial charge in [-0.15, -0.1) is 0 Å². The van der Waals surface area contributed by atoms with Gasteiger partial charge in [0.15, 0.2) is 0 Å². The van der Waals surface area contributed by atoms with Gasteiger partial charge in [-0.3, -0.25) is 19.9 Å². The summed E-state index contributed by atoms with van der Waals surface area (Å²) in [7, 11) is 0. The van der Waals surface area contributed by atoms with Gasteiger partial charge in [-0.05, 0) is 33.3 Å². The van der Waals surface area contributed by atoms with E-state index in [1.807, 2.05) is 6.07 Å². The van der Waals surface area contributed by atoms with Crippen molar-refractivity contribution in [2.75, 3.05) is 0 Å². The molecule has 0 saturated heterocycles. The van der Waals surface area contributed by atoms with Gasteiger partial charge in [-0.1, -0.05) is 42.5 Å². The molecular weight excluding hydrogens is 450 g/mol. The predicted molar refractivity (Wildman–Crippen MR) is 127 cm³/mol. The highest BCUT2D eigenvalue weighted by Crippen LogP contribution is 2.41. The fourth-order valence-electron chi connectivity index (χ4n) is 4.07. The van der Waals surface area contributed by atoms with Crippen LogP contribution in [0, 0.1) is 27.4 Å². The zero-order valence-electron chi connectivity index (χ0n) is 19.8. The molecular formula is C26H25N3O6. The van der Waals surface area contributed by atoms with Crippen LogP contribution < -0.4 is 0 Å². The van der Waals surface area contributed by atoms with E-state index in [4.69, 9.17) is 9.47 Å². The maximum Gasteiger partial charge on any atom is 0.338 e. The summed E-state index contributed by atoms with van der Waals surface area (Å²) in [5, 5.41) is 21.1. The fourth-order valence-corrected chi connectivity index (χ4v) is 4.07. The van der Waals surface area contributed by atoms with E-state index in [2.05, 4.69) is 4.99 Å². The summed E-state index contributed by atoms with van der Waals surface area (Å²) in [4.78, 5) is 41.9. The van der Waals surface area contributed by atoms with E-state index in [1.54, 1.807) is 64.1 Å². The van der Waals surface area contributed by atoms with E-state index in [0.29, 0.717) is 22.5 Å². The first-order valence-corrected chi connectivity index (χ1v) is 11.0. The Morgan fingerprint density at radius 2 is 1.77 bits per heavy atom. The number of benzene rings is 2. The van der Waals surface area contributed by atoms with Crippen molar-refractivity contribution in [3.63, 3.8) is 0 Å². The lowest BCUT2D eigenvalue weighted by Crippen LogP contribution is -2.37. The second kappa shape index (κ2) is 10.7. The average Bonchev–Trinajstić information content (AvgIpc) is 2.81. The molecule has 3 rings (SSSR count). The zero-order chi connectivity index (χ0) is 25.7. The third kappa shape index (κ3) is 5.61. The number of rotatable bonds is 7. The Bertz CT molecular complexity index is 1240. The summed E-state index contributed by atoms with van der Waals surface area (Å²) in [6.07, 6.45) is -1.62. The minimum absolute atomic E-state index is 0.0398. The van der Waals surface area contributed by atoms with Crippen LogP contribution in [0.4, 0.5) is 5.69 Å². The third-order valence-corrected chi connectivity index (χ3v) is 5.54. The lowest BCUT2D eigenvalue weighted by Gasteiger charge is -2.32. The van der Waals surface area contributed by atoms with E-state index in [1.165, 1.54) is 18.2 Å². The maximum absolute atomic E-state index is 13.5. The highest BCUT2D eigenvalue weighted by Gasteiger charge is 2.43. The molecule has 0 fully saturated rings. The van der Waals surface area contributed by atoms with Gasteiger partial charge in [0.2, 0.25) is 6.10 Å². The molecule has 2 aromatic carbocycles. The smallest absolute Gasteiger partial charge is 0.338 e. The van der Waals surface area contributed by atoms with Gasteiger partial charge in [-0.25, -0.2) is 4.79 Å². The Morgan fingerprint density at radius 3 is 2.37 bits per heavy atom. The largest absolute Gasteiger partial charge is 0.462 e. The monoisotopic (exact) mass is 475 g/mol. The molecule has 0 aromatic heterocycles. The SMILES string of the molecule is CC1=NC(C)=C(C(=O)OC(C#N)c2ccccc2)C(c2cccc([N+](=O)[O-])c2)C1C(=O)OC(C)C. The number of allylic oxidation sites excluding steroid dienone is 1. The summed E-state index contributed by atoms with van der Waals surface area (Å²) in [6, 6.07) is 16.2. The van der Waals surface area contributed by atoms with Crippen molar-refractivity contribution in [3.05, 3.63) is 87.1 Å². The maximum atomic E-state index is 13.5. The molecule has 1 aliphatic heterocycles.